The Morgan fingerprint density at radius 3 is 2.65 bits per heavy atom. The smallest absolute Gasteiger partial charge is 0.365 e. The molecule has 2 aromatic heterocycles. The number of benzene rings is 1. The number of carbonyl (C=O) groups excluding carboxylic acids is 2. The fraction of sp³-hybridized carbons (Fsp3) is 0.304. The van der Waals surface area contributed by atoms with Crippen molar-refractivity contribution >= 4 is 39.9 Å². The van der Waals surface area contributed by atoms with Gasteiger partial charge in [0.1, 0.15) is 10.7 Å². The average Bonchev–Trinajstić information content (AvgIpc) is 3.14. The Hall–Kier alpha value is -2.92. The third kappa shape index (κ3) is 5.41. The van der Waals surface area contributed by atoms with E-state index in [1.54, 1.807) is 30.3 Å². The molecule has 0 radical (unpaired) electrons. The van der Waals surface area contributed by atoms with Crippen LogP contribution in [0.4, 0.5) is 18.2 Å². The molecule has 3 N–H and O–H groups in total. The highest BCUT2D eigenvalue weighted by Gasteiger charge is 2.34. The molecule has 0 saturated carbocycles. The number of carbonyl (C=O) groups is 2. The van der Waals surface area contributed by atoms with Crippen LogP contribution in [0.25, 0.3) is 11.3 Å². The maximum Gasteiger partial charge on any atom is 0.433 e. The van der Waals surface area contributed by atoms with Gasteiger partial charge in [0.2, 0.25) is 5.91 Å². The minimum Gasteiger partial charge on any atom is -0.365 e. The molecule has 1 aliphatic rings. The van der Waals surface area contributed by atoms with Gasteiger partial charge < -0.3 is 11.1 Å². The first-order chi connectivity index (χ1) is 16.1. The zero-order chi connectivity index (χ0) is 24.5. The van der Waals surface area contributed by atoms with Crippen molar-refractivity contribution in [2.45, 2.75) is 37.5 Å². The number of thioether (sulfide) groups is 1. The van der Waals surface area contributed by atoms with E-state index in [0.29, 0.717) is 22.0 Å². The largest absolute Gasteiger partial charge is 0.433 e. The van der Waals surface area contributed by atoms with Gasteiger partial charge in [0.15, 0.2) is 5.16 Å². The molecular weight excluding hydrogens is 485 g/mol. The first-order valence-corrected chi connectivity index (χ1v) is 12.3. The maximum absolute atomic E-state index is 13.4. The maximum atomic E-state index is 13.4. The second-order valence-corrected chi connectivity index (χ2v) is 10.1. The molecule has 6 nitrogen and oxygen atoms in total. The summed E-state index contributed by atoms with van der Waals surface area (Å²) in [4.78, 5) is 33.5. The van der Waals surface area contributed by atoms with Crippen LogP contribution in [0.2, 0.25) is 0 Å². The van der Waals surface area contributed by atoms with Gasteiger partial charge >= 0.3 is 6.18 Å². The van der Waals surface area contributed by atoms with Crippen LogP contribution in [0, 0.1) is 5.92 Å². The van der Waals surface area contributed by atoms with Crippen molar-refractivity contribution in [3.8, 4) is 11.3 Å². The summed E-state index contributed by atoms with van der Waals surface area (Å²) in [6, 6.07) is 9.32. The second kappa shape index (κ2) is 9.75. The molecule has 178 valence electrons. The molecule has 0 bridgehead atoms. The number of aromatic nitrogens is 2. The molecule has 0 spiro atoms. The zero-order valence-electron chi connectivity index (χ0n) is 18.1. The average molecular weight is 507 g/mol. The lowest BCUT2D eigenvalue weighted by Gasteiger charge is -2.18. The van der Waals surface area contributed by atoms with E-state index in [2.05, 4.69) is 22.2 Å². The van der Waals surface area contributed by atoms with Crippen molar-refractivity contribution in [1.82, 2.24) is 9.97 Å². The number of thiophene rings is 1. The molecule has 4 rings (SSSR count). The topological polar surface area (TPSA) is 98.0 Å². The Morgan fingerprint density at radius 2 is 1.97 bits per heavy atom. The van der Waals surface area contributed by atoms with E-state index in [4.69, 9.17) is 5.73 Å². The molecule has 3 aromatic rings. The number of nitrogens with one attached hydrogen (secondary N) is 1. The van der Waals surface area contributed by atoms with Crippen LogP contribution in [0.15, 0.2) is 41.6 Å². The Bertz CT molecular complexity index is 1230. The van der Waals surface area contributed by atoms with E-state index in [1.165, 1.54) is 11.3 Å². The highest BCUT2D eigenvalue weighted by atomic mass is 32.2. The monoisotopic (exact) mass is 506 g/mol. The predicted molar refractivity (Wildman–Crippen MR) is 126 cm³/mol. The SMILES string of the molecule is CC1CCc2c(sc(NC(=O)CSc3nc(-c4ccccc4)cc(C(F)(F)F)n3)c2C(N)=O)C1. The van der Waals surface area contributed by atoms with Crippen LogP contribution in [0.5, 0.6) is 0 Å². The standard InChI is InChI=1S/C23H21F3N4O2S2/c1-12-7-8-14-16(9-12)34-21(19(14)20(27)32)30-18(31)11-33-22-28-15(13-5-3-2-4-6-13)10-17(29-22)23(24,25)26/h2-6,10,12H,7-9,11H2,1H3,(H2,27,32)(H,30,31). The number of rotatable bonds is 6. The number of amides is 2. The lowest BCUT2D eigenvalue weighted by molar-refractivity contribution is -0.141. The lowest BCUT2D eigenvalue weighted by Crippen LogP contribution is -2.20. The number of halogens is 3. The van der Waals surface area contributed by atoms with E-state index in [-0.39, 0.29) is 16.6 Å². The minimum atomic E-state index is -4.66. The van der Waals surface area contributed by atoms with Gasteiger partial charge in [0.05, 0.1) is 17.0 Å². The molecule has 34 heavy (non-hydrogen) atoms. The number of fused-ring (bicyclic) bond motifs is 1. The summed E-state index contributed by atoms with van der Waals surface area (Å²) < 4.78 is 40.2. The lowest BCUT2D eigenvalue weighted by atomic mass is 9.88. The highest BCUT2D eigenvalue weighted by Crippen LogP contribution is 2.39. The van der Waals surface area contributed by atoms with Crippen LogP contribution in [0.3, 0.4) is 0 Å². The summed E-state index contributed by atoms with van der Waals surface area (Å²) in [7, 11) is 0. The number of hydrogen-bond donors (Lipinski definition) is 2. The molecule has 1 aliphatic carbocycles. The molecule has 2 heterocycles. The van der Waals surface area contributed by atoms with Gasteiger partial charge in [0, 0.05) is 10.4 Å². The van der Waals surface area contributed by atoms with E-state index in [0.717, 1.165) is 47.5 Å². The highest BCUT2D eigenvalue weighted by molar-refractivity contribution is 7.99. The van der Waals surface area contributed by atoms with E-state index < -0.39 is 23.7 Å². The zero-order valence-corrected chi connectivity index (χ0v) is 19.7. The molecule has 1 unspecified atom stereocenters. The molecule has 0 aliphatic heterocycles. The molecule has 1 atom stereocenters. The molecular formula is C23H21F3N4O2S2. The van der Waals surface area contributed by atoms with Gasteiger partial charge in [0.25, 0.3) is 5.91 Å². The van der Waals surface area contributed by atoms with Gasteiger partial charge in [-0.15, -0.1) is 11.3 Å². The summed E-state index contributed by atoms with van der Waals surface area (Å²) in [5.74, 6) is -0.847. The summed E-state index contributed by atoms with van der Waals surface area (Å²) in [6.45, 7) is 2.13. The van der Waals surface area contributed by atoms with Crippen molar-refractivity contribution in [3.05, 3.63) is 58.1 Å². The number of hydrogen-bond acceptors (Lipinski definition) is 6. The summed E-state index contributed by atoms with van der Waals surface area (Å²) in [6.07, 6.45) is -2.20. The number of anilines is 1. The molecule has 0 saturated heterocycles. The van der Waals surface area contributed by atoms with E-state index >= 15 is 0 Å². The van der Waals surface area contributed by atoms with Crippen LogP contribution in [0.1, 0.15) is 39.8 Å². The fourth-order valence-corrected chi connectivity index (χ4v) is 5.87. The minimum absolute atomic E-state index is 0.113. The van der Waals surface area contributed by atoms with Crippen molar-refractivity contribution in [2.24, 2.45) is 11.7 Å². The van der Waals surface area contributed by atoms with Crippen LogP contribution in [-0.2, 0) is 23.8 Å². The summed E-state index contributed by atoms with van der Waals surface area (Å²) in [5, 5.41) is 2.92. The first kappa shape index (κ1) is 24.2. The number of nitrogens with two attached hydrogens (primary N) is 1. The Morgan fingerprint density at radius 1 is 1.24 bits per heavy atom. The second-order valence-electron chi connectivity index (χ2n) is 8.04. The number of alkyl halides is 3. The van der Waals surface area contributed by atoms with Gasteiger partial charge in [-0.2, -0.15) is 13.2 Å². The normalized spacial score (nSPS) is 15.6. The molecule has 2 amide bonds. The summed E-state index contributed by atoms with van der Waals surface area (Å²) >= 11 is 2.12. The van der Waals surface area contributed by atoms with Crippen LogP contribution >= 0.6 is 23.1 Å². The number of primary amides is 1. The molecule has 0 fully saturated rings. The van der Waals surface area contributed by atoms with E-state index in [1.807, 2.05) is 0 Å². The van der Waals surface area contributed by atoms with Gasteiger partial charge in [-0.3, -0.25) is 9.59 Å². The fourth-order valence-electron chi connectivity index (χ4n) is 3.78. The Kier molecular flexibility index (Phi) is 6.94. The quantitative estimate of drug-likeness (QED) is 0.355. The van der Waals surface area contributed by atoms with Gasteiger partial charge in [-0.25, -0.2) is 9.97 Å². The third-order valence-electron chi connectivity index (χ3n) is 5.41. The Labute approximate surface area is 202 Å². The molecule has 1 aromatic carbocycles. The predicted octanol–water partition coefficient (Wildman–Crippen LogP) is 5.18. The van der Waals surface area contributed by atoms with Crippen molar-refractivity contribution in [2.75, 3.05) is 11.1 Å². The summed E-state index contributed by atoms with van der Waals surface area (Å²) in [5.41, 5.74) is 6.32. The van der Waals surface area contributed by atoms with Crippen LogP contribution in [-0.4, -0.2) is 27.5 Å². The van der Waals surface area contributed by atoms with Crippen molar-refractivity contribution in [1.29, 1.82) is 0 Å². The third-order valence-corrected chi connectivity index (χ3v) is 7.43. The first-order valence-electron chi connectivity index (χ1n) is 10.5. The van der Waals surface area contributed by atoms with Gasteiger partial charge in [-0.05, 0) is 36.8 Å². The van der Waals surface area contributed by atoms with Crippen molar-refractivity contribution < 1.29 is 22.8 Å². The van der Waals surface area contributed by atoms with Crippen molar-refractivity contribution in [3.63, 3.8) is 0 Å². The number of nitrogens with zero attached hydrogens (tertiary/aromatic N) is 2. The van der Waals surface area contributed by atoms with E-state index in [9.17, 15) is 22.8 Å². The van der Waals surface area contributed by atoms with Crippen LogP contribution < -0.4 is 11.1 Å². The Balaban J connectivity index is 1.53. The van der Waals surface area contributed by atoms with Gasteiger partial charge in [-0.1, -0.05) is 49.0 Å². The molecule has 11 heteroatoms.